The molecule has 0 bridgehead atoms. The number of pyridine rings is 1. The van der Waals surface area contributed by atoms with Gasteiger partial charge >= 0.3 is 0 Å². The SMILES string of the molecule is CC(C)CC(=O)N1CC[C@H]2N(C)CC[C@@]2(C(=O)Nc2cccnc2)CC1. The summed E-state index contributed by atoms with van der Waals surface area (Å²) in [7, 11) is 2.09. The number of rotatable bonds is 4. The maximum atomic E-state index is 13.3. The fourth-order valence-electron chi connectivity index (χ4n) is 4.43. The van der Waals surface area contributed by atoms with Gasteiger partial charge in [-0.05, 0) is 50.9 Å². The molecule has 3 heterocycles. The van der Waals surface area contributed by atoms with Gasteiger partial charge in [0.2, 0.25) is 11.8 Å². The van der Waals surface area contributed by atoms with Crippen LogP contribution >= 0.6 is 0 Å². The standard InChI is InChI=1S/C20H30N4O2/c1-15(2)13-18(25)24-10-6-17-20(8-12-24,7-11-23(17)3)19(26)22-16-5-4-9-21-14-16/h4-5,9,14-15,17H,6-8,10-13H2,1-3H3,(H,22,26)/t17-,20-/m1/s1. The molecule has 0 radical (unpaired) electrons. The topological polar surface area (TPSA) is 65.5 Å². The lowest BCUT2D eigenvalue weighted by atomic mass is 9.75. The number of anilines is 1. The van der Waals surface area contributed by atoms with Crippen molar-refractivity contribution in [1.82, 2.24) is 14.8 Å². The maximum absolute atomic E-state index is 13.3. The van der Waals surface area contributed by atoms with Crippen LogP contribution in [0.3, 0.4) is 0 Å². The molecule has 0 saturated carbocycles. The fraction of sp³-hybridized carbons (Fsp3) is 0.650. The van der Waals surface area contributed by atoms with Crippen molar-refractivity contribution < 1.29 is 9.59 Å². The summed E-state index contributed by atoms with van der Waals surface area (Å²) < 4.78 is 0. The summed E-state index contributed by atoms with van der Waals surface area (Å²) in [4.78, 5) is 34.1. The number of nitrogens with zero attached hydrogens (tertiary/aromatic N) is 3. The molecule has 6 nitrogen and oxygen atoms in total. The normalized spacial score (nSPS) is 26.5. The Hall–Kier alpha value is -1.95. The van der Waals surface area contributed by atoms with E-state index < -0.39 is 5.41 Å². The van der Waals surface area contributed by atoms with Crippen molar-refractivity contribution in [2.24, 2.45) is 11.3 Å². The van der Waals surface area contributed by atoms with Crippen LogP contribution in [-0.4, -0.2) is 59.3 Å². The van der Waals surface area contributed by atoms with E-state index in [0.717, 1.165) is 38.0 Å². The summed E-state index contributed by atoms with van der Waals surface area (Å²) in [5, 5.41) is 3.07. The molecular weight excluding hydrogens is 328 g/mol. The first-order valence-corrected chi connectivity index (χ1v) is 9.62. The average molecular weight is 358 g/mol. The lowest BCUT2D eigenvalue weighted by molar-refractivity contribution is -0.132. The summed E-state index contributed by atoms with van der Waals surface area (Å²) >= 11 is 0. The molecule has 2 aliphatic rings. The van der Waals surface area contributed by atoms with Crippen molar-refractivity contribution in [3.63, 3.8) is 0 Å². The van der Waals surface area contributed by atoms with Crippen LogP contribution in [0.25, 0.3) is 0 Å². The number of hydrogen-bond acceptors (Lipinski definition) is 4. The van der Waals surface area contributed by atoms with Crippen LogP contribution in [-0.2, 0) is 9.59 Å². The quantitative estimate of drug-likeness (QED) is 0.897. The minimum atomic E-state index is -0.433. The molecule has 2 aliphatic heterocycles. The first-order chi connectivity index (χ1) is 12.4. The molecule has 0 unspecified atom stereocenters. The Labute approximate surface area is 156 Å². The second-order valence-corrected chi connectivity index (χ2v) is 8.12. The number of fused-ring (bicyclic) bond motifs is 1. The van der Waals surface area contributed by atoms with Crippen LogP contribution in [0.1, 0.15) is 39.5 Å². The Morgan fingerprint density at radius 2 is 2.08 bits per heavy atom. The highest BCUT2D eigenvalue weighted by Gasteiger charge is 2.52. The molecule has 1 aromatic heterocycles. The highest BCUT2D eigenvalue weighted by Crippen LogP contribution is 2.44. The van der Waals surface area contributed by atoms with E-state index in [1.807, 2.05) is 17.0 Å². The molecule has 2 amide bonds. The van der Waals surface area contributed by atoms with Gasteiger partial charge < -0.3 is 15.1 Å². The van der Waals surface area contributed by atoms with E-state index in [1.165, 1.54) is 0 Å². The zero-order valence-electron chi connectivity index (χ0n) is 16.1. The minimum absolute atomic E-state index is 0.0676. The molecule has 0 aliphatic carbocycles. The number of carbonyl (C=O) groups is 2. The zero-order chi connectivity index (χ0) is 18.7. The summed E-state index contributed by atoms with van der Waals surface area (Å²) in [6, 6.07) is 3.87. The first kappa shape index (κ1) is 18.8. The van der Waals surface area contributed by atoms with Crippen molar-refractivity contribution in [2.45, 2.75) is 45.6 Å². The van der Waals surface area contributed by atoms with Crippen molar-refractivity contribution in [1.29, 1.82) is 0 Å². The molecule has 0 aromatic carbocycles. The zero-order valence-corrected chi connectivity index (χ0v) is 16.1. The summed E-state index contributed by atoms with van der Waals surface area (Å²) in [6.45, 7) is 6.46. The minimum Gasteiger partial charge on any atom is -0.343 e. The van der Waals surface area contributed by atoms with Gasteiger partial charge in [-0.1, -0.05) is 13.8 Å². The molecule has 1 N–H and O–H groups in total. The van der Waals surface area contributed by atoms with Crippen LogP contribution < -0.4 is 5.32 Å². The molecule has 1 aromatic rings. The summed E-state index contributed by atoms with van der Waals surface area (Å²) in [6.07, 6.45) is 6.36. The number of carbonyl (C=O) groups excluding carboxylic acids is 2. The predicted molar refractivity (Wildman–Crippen MR) is 102 cm³/mol. The van der Waals surface area contributed by atoms with Crippen molar-refractivity contribution in [3.8, 4) is 0 Å². The summed E-state index contributed by atoms with van der Waals surface area (Å²) in [5.41, 5.74) is 0.300. The molecule has 0 spiro atoms. The third-order valence-electron chi connectivity index (χ3n) is 5.89. The van der Waals surface area contributed by atoms with E-state index in [-0.39, 0.29) is 17.9 Å². The van der Waals surface area contributed by atoms with Gasteiger partial charge in [0.25, 0.3) is 0 Å². The molecule has 2 fully saturated rings. The number of likely N-dealkylation sites (tertiary alicyclic amines) is 2. The highest BCUT2D eigenvalue weighted by molar-refractivity contribution is 5.96. The van der Waals surface area contributed by atoms with E-state index in [9.17, 15) is 9.59 Å². The Morgan fingerprint density at radius 3 is 2.77 bits per heavy atom. The van der Waals surface area contributed by atoms with Crippen molar-refractivity contribution in [3.05, 3.63) is 24.5 Å². The van der Waals surface area contributed by atoms with E-state index in [2.05, 4.69) is 36.1 Å². The molecule has 142 valence electrons. The van der Waals surface area contributed by atoms with Gasteiger partial charge in [-0.2, -0.15) is 0 Å². The van der Waals surface area contributed by atoms with Crippen LogP contribution in [0.5, 0.6) is 0 Å². The van der Waals surface area contributed by atoms with Crippen molar-refractivity contribution in [2.75, 3.05) is 32.0 Å². The van der Waals surface area contributed by atoms with Crippen LogP contribution in [0.15, 0.2) is 24.5 Å². The number of hydrogen-bond donors (Lipinski definition) is 1. The summed E-state index contributed by atoms with van der Waals surface area (Å²) in [5.74, 6) is 0.638. The monoisotopic (exact) mass is 358 g/mol. The van der Waals surface area contributed by atoms with Crippen LogP contribution in [0.4, 0.5) is 5.69 Å². The Morgan fingerprint density at radius 1 is 1.31 bits per heavy atom. The molecule has 2 atom stereocenters. The van der Waals surface area contributed by atoms with Crippen LogP contribution in [0.2, 0.25) is 0 Å². The second kappa shape index (κ2) is 7.74. The lowest BCUT2D eigenvalue weighted by Gasteiger charge is -2.34. The fourth-order valence-corrected chi connectivity index (χ4v) is 4.43. The van der Waals surface area contributed by atoms with E-state index in [0.29, 0.717) is 18.9 Å². The third kappa shape index (κ3) is 3.75. The third-order valence-corrected chi connectivity index (χ3v) is 5.89. The smallest absolute Gasteiger partial charge is 0.232 e. The Bertz CT molecular complexity index is 648. The van der Waals surface area contributed by atoms with Gasteiger partial charge in [-0.15, -0.1) is 0 Å². The largest absolute Gasteiger partial charge is 0.343 e. The van der Waals surface area contributed by atoms with Crippen LogP contribution in [0, 0.1) is 11.3 Å². The molecule has 6 heteroatoms. The molecule has 26 heavy (non-hydrogen) atoms. The first-order valence-electron chi connectivity index (χ1n) is 9.62. The predicted octanol–water partition coefficient (Wildman–Crippen LogP) is 2.38. The maximum Gasteiger partial charge on any atom is 0.232 e. The number of amides is 2. The van der Waals surface area contributed by atoms with Gasteiger partial charge in [-0.3, -0.25) is 14.6 Å². The van der Waals surface area contributed by atoms with Gasteiger partial charge in [0.05, 0.1) is 17.3 Å². The molecular formula is C20H30N4O2. The van der Waals surface area contributed by atoms with E-state index in [1.54, 1.807) is 12.4 Å². The van der Waals surface area contributed by atoms with Gasteiger partial charge in [-0.25, -0.2) is 0 Å². The number of aromatic nitrogens is 1. The Balaban J connectivity index is 1.77. The molecule has 3 rings (SSSR count). The lowest BCUT2D eigenvalue weighted by Crippen LogP contribution is -2.46. The van der Waals surface area contributed by atoms with Gasteiger partial charge in [0.1, 0.15) is 0 Å². The van der Waals surface area contributed by atoms with Crippen molar-refractivity contribution >= 4 is 17.5 Å². The van der Waals surface area contributed by atoms with E-state index >= 15 is 0 Å². The average Bonchev–Trinajstić information content (AvgIpc) is 2.80. The number of nitrogens with one attached hydrogen (secondary N) is 1. The second-order valence-electron chi connectivity index (χ2n) is 8.12. The molecule has 2 saturated heterocycles. The highest BCUT2D eigenvalue weighted by atomic mass is 16.2. The Kier molecular flexibility index (Phi) is 5.61. The van der Waals surface area contributed by atoms with Gasteiger partial charge in [0, 0.05) is 31.7 Å². The van der Waals surface area contributed by atoms with Gasteiger partial charge in [0.15, 0.2) is 0 Å². The van der Waals surface area contributed by atoms with E-state index in [4.69, 9.17) is 0 Å².